The Kier molecular flexibility index (Phi) is 4.56. The van der Waals surface area contributed by atoms with E-state index < -0.39 is 16.0 Å². The summed E-state index contributed by atoms with van der Waals surface area (Å²) < 4.78 is 32.6. The molecular weight excluding hydrogens is 392 g/mol. The topological polar surface area (TPSA) is 98.5 Å². The van der Waals surface area contributed by atoms with E-state index >= 15 is 0 Å². The number of hydrogen-bond donors (Lipinski definition) is 1. The average molecular weight is 408 g/mol. The molecule has 0 aliphatic heterocycles. The number of hydrogen-bond acceptors (Lipinski definition) is 5. The number of fused-ring (bicyclic) bond motifs is 1. The molecule has 2 heterocycles. The highest BCUT2D eigenvalue weighted by atomic mass is 32.2. The van der Waals surface area contributed by atoms with Crippen LogP contribution in [-0.2, 0) is 10.0 Å². The van der Waals surface area contributed by atoms with E-state index in [4.69, 9.17) is 4.74 Å². The fraction of sp³-hybridized carbons (Fsp3) is 0.0476. The molecule has 0 amide bonds. The summed E-state index contributed by atoms with van der Waals surface area (Å²) in [6.07, 6.45) is 1.37. The second-order valence-corrected chi connectivity index (χ2v) is 8.05. The lowest BCUT2D eigenvalue weighted by Crippen LogP contribution is -2.13. The van der Waals surface area contributed by atoms with Crippen LogP contribution < -0.4 is 4.74 Å². The van der Waals surface area contributed by atoms with Crippen molar-refractivity contribution in [1.82, 2.24) is 8.96 Å². The molecule has 0 spiro atoms. The molecule has 8 heteroatoms. The highest BCUT2D eigenvalue weighted by Gasteiger charge is 2.23. The first-order valence-electron chi connectivity index (χ1n) is 8.63. The van der Waals surface area contributed by atoms with Crippen LogP contribution in [0.15, 0.2) is 77.8 Å². The molecule has 0 unspecified atom stereocenters. The summed E-state index contributed by atoms with van der Waals surface area (Å²) in [6.45, 7) is 0. The number of benzene rings is 2. The molecular formula is C21H16N2O5S. The van der Waals surface area contributed by atoms with Crippen molar-refractivity contribution >= 4 is 27.0 Å². The maximum atomic E-state index is 13.1. The van der Waals surface area contributed by atoms with Crippen LogP contribution in [0, 0.1) is 0 Å². The van der Waals surface area contributed by atoms with Gasteiger partial charge in [-0.1, -0.05) is 30.3 Å². The largest absolute Gasteiger partial charge is 0.496 e. The van der Waals surface area contributed by atoms with Crippen LogP contribution in [0.4, 0.5) is 0 Å². The summed E-state index contributed by atoms with van der Waals surface area (Å²) in [7, 11) is -2.42. The number of carbonyl (C=O) groups is 1. The minimum Gasteiger partial charge on any atom is -0.496 e. The zero-order chi connectivity index (χ0) is 20.6. The fourth-order valence-corrected chi connectivity index (χ4v) is 4.47. The maximum absolute atomic E-state index is 13.1. The summed E-state index contributed by atoms with van der Waals surface area (Å²) in [5, 5.41) is 10.1. The molecule has 0 radical (unpaired) electrons. The van der Waals surface area contributed by atoms with E-state index in [0.717, 1.165) is 3.97 Å². The van der Waals surface area contributed by atoms with Crippen molar-refractivity contribution in [2.45, 2.75) is 4.90 Å². The van der Waals surface area contributed by atoms with Gasteiger partial charge in [-0.05, 0) is 36.4 Å². The van der Waals surface area contributed by atoms with Crippen molar-refractivity contribution in [3.05, 3.63) is 78.5 Å². The average Bonchev–Trinajstić information content (AvgIpc) is 3.17. The Balaban J connectivity index is 2.02. The van der Waals surface area contributed by atoms with Gasteiger partial charge in [-0.25, -0.2) is 22.2 Å². The lowest BCUT2D eigenvalue weighted by Gasteiger charge is -2.12. The van der Waals surface area contributed by atoms with Crippen molar-refractivity contribution in [3.8, 4) is 17.0 Å². The van der Waals surface area contributed by atoms with Gasteiger partial charge in [-0.15, -0.1) is 0 Å². The molecule has 29 heavy (non-hydrogen) atoms. The maximum Gasteiger partial charge on any atom is 0.337 e. The Bertz CT molecular complexity index is 1330. The summed E-state index contributed by atoms with van der Waals surface area (Å²) in [5.41, 5.74) is 0.682. The minimum absolute atomic E-state index is 0.0446. The molecule has 0 aliphatic rings. The fourth-order valence-electron chi connectivity index (χ4n) is 3.15. The normalized spacial score (nSPS) is 11.5. The van der Waals surface area contributed by atoms with E-state index in [2.05, 4.69) is 4.98 Å². The standard InChI is InChI=1S/C21H16N2O5S/c1-28-18-10-6-5-9-16(18)19-17(21(24)25)13-14-11-12-23(20(14)22-19)29(26,27)15-7-3-2-4-8-15/h2-13H,1H3,(H,24,25). The second-order valence-electron chi connectivity index (χ2n) is 6.23. The summed E-state index contributed by atoms with van der Waals surface area (Å²) in [5.74, 6) is -0.732. The van der Waals surface area contributed by atoms with Gasteiger partial charge in [0, 0.05) is 17.1 Å². The van der Waals surface area contributed by atoms with Crippen LogP contribution in [0.25, 0.3) is 22.3 Å². The van der Waals surface area contributed by atoms with Gasteiger partial charge in [0.05, 0.1) is 23.3 Å². The van der Waals surface area contributed by atoms with E-state index in [0.29, 0.717) is 16.7 Å². The van der Waals surface area contributed by atoms with Gasteiger partial charge in [0.1, 0.15) is 5.75 Å². The number of rotatable bonds is 5. The third-order valence-electron chi connectivity index (χ3n) is 4.52. The number of carboxylic acid groups (broad SMARTS) is 1. The van der Waals surface area contributed by atoms with Crippen LogP contribution in [0.3, 0.4) is 0 Å². The van der Waals surface area contributed by atoms with E-state index in [1.54, 1.807) is 42.5 Å². The van der Waals surface area contributed by atoms with Crippen LogP contribution in [0.1, 0.15) is 10.4 Å². The first-order valence-corrected chi connectivity index (χ1v) is 10.1. The van der Waals surface area contributed by atoms with Gasteiger partial charge in [0.15, 0.2) is 5.65 Å². The van der Waals surface area contributed by atoms with Crippen molar-refractivity contribution in [2.24, 2.45) is 0 Å². The number of para-hydroxylation sites is 1. The zero-order valence-corrected chi connectivity index (χ0v) is 16.1. The molecule has 0 aliphatic carbocycles. The first-order chi connectivity index (χ1) is 13.9. The van der Waals surface area contributed by atoms with E-state index in [1.807, 2.05) is 0 Å². The molecule has 0 fully saturated rings. The molecule has 4 rings (SSSR count). The summed E-state index contributed by atoms with van der Waals surface area (Å²) in [4.78, 5) is 16.4. The minimum atomic E-state index is -3.89. The van der Waals surface area contributed by atoms with Gasteiger partial charge in [-0.3, -0.25) is 0 Å². The smallest absolute Gasteiger partial charge is 0.337 e. The molecule has 0 bridgehead atoms. The van der Waals surface area contributed by atoms with Crippen LogP contribution in [-0.4, -0.2) is 35.6 Å². The number of carboxylic acids is 1. The molecule has 2 aromatic carbocycles. The number of nitrogens with zero attached hydrogens (tertiary/aromatic N) is 2. The molecule has 0 saturated carbocycles. The monoisotopic (exact) mass is 408 g/mol. The van der Waals surface area contributed by atoms with Crippen molar-refractivity contribution in [1.29, 1.82) is 0 Å². The van der Waals surface area contributed by atoms with Crippen LogP contribution in [0.2, 0.25) is 0 Å². The number of pyridine rings is 1. The Morgan fingerprint density at radius 1 is 1.03 bits per heavy atom. The Morgan fingerprint density at radius 2 is 1.72 bits per heavy atom. The highest BCUT2D eigenvalue weighted by Crippen LogP contribution is 2.33. The Morgan fingerprint density at radius 3 is 2.41 bits per heavy atom. The number of aromatic carboxylic acids is 1. The van der Waals surface area contributed by atoms with Gasteiger partial charge in [0.2, 0.25) is 0 Å². The Labute approximate surface area is 166 Å². The van der Waals surface area contributed by atoms with Gasteiger partial charge in [0.25, 0.3) is 10.0 Å². The van der Waals surface area contributed by atoms with Crippen molar-refractivity contribution < 1.29 is 23.1 Å². The van der Waals surface area contributed by atoms with E-state index in [1.165, 1.54) is 37.6 Å². The molecule has 0 saturated heterocycles. The summed E-state index contributed by atoms with van der Waals surface area (Å²) in [6, 6.07) is 17.8. The van der Waals surface area contributed by atoms with Gasteiger partial charge < -0.3 is 9.84 Å². The molecule has 2 aromatic heterocycles. The van der Waals surface area contributed by atoms with Crippen molar-refractivity contribution in [3.63, 3.8) is 0 Å². The molecule has 0 atom stereocenters. The number of aromatic nitrogens is 2. The first kappa shape index (κ1) is 18.7. The predicted octanol–water partition coefficient (Wildman–Crippen LogP) is 3.65. The molecule has 7 nitrogen and oxygen atoms in total. The highest BCUT2D eigenvalue weighted by molar-refractivity contribution is 7.90. The van der Waals surface area contributed by atoms with Crippen LogP contribution in [0.5, 0.6) is 5.75 Å². The van der Waals surface area contributed by atoms with Crippen LogP contribution >= 0.6 is 0 Å². The van der Waals surface area contributed by atoms with E-state index in [-0.39, 0.29) is 21.8 Å². The lowest BCUT2D eigenvalue weighted by molar-refractivity contribution is 0.0697. The number of methoxy groups -OCH3 is 1. The van der Waals surface area contributed by atoms with E-state index in [9.17, 15) is 18.3 Å². The van der Waals surface area contributed by atoms with Gasteiger partial charge >= 0.3 is 5.97 Å². The molecule has 4 aromatic rings. The molecule has 1 N–H and O–H groups in total. The lowest BCUT2D eigenvalue weighted by atomic mass is 10.0. The second kappa shape index (κ2) is 7.06. The quantitative estimate of drug-likeness (QED) is 0.541. The van der Waals surface area contributed by atoms with Gasteiger partial charge in [-0.2, -0.15) is 0 Å². The molecule has 146 valence electrons. The predicted molar refractivity (Wildman–Crippen MR) is 108 cm³/mol. The summed E-state index contributed by atoms with van der Waals surface area (Å²) >= 11 is 0. The zero-order valence-electron chi connectivity index (χ0n) is 15.3. The SMILES string of the molecule is COc1ccccc1-c1nc2c(ccn2S(=O)(=O)c2ccccc2)cc1C(=O)O. The Hall–Kier alpha value is -3.65. The third-order valence-corrected chi connectivity index (χ3v) is 6.20. The third kappa shape index (κ3) is 3.13. The number of ether oxygens (including phenoxy) is 1. The van der Waals surface area contributed by atoms with Crippen molar-refractivity contribution in [2.75, 3.05) is 7.11 Å².